The van der Waals surface area contributed by atoms with E-state index in [-0.39, 0.29) is 11.9 Å². The van der Waals surface area contributed by atoms with Crippen LogP contribution in [0.25, 0.3) is 0 Å². The van der Waals surface area contributed by atoms with Crippen molar-refractivity contribution >= 4 is 0 Å². The number of halogens is 1. The summed E-state index contributed by atoms with van der Waals surface area (Å²) in [7, 11) is 0. The molecule has 19 heavy (non-hydrogen) atoms. The van der Waals surface area contributed by atoms with Crippen LogP contribution in [0.5, 0.6) is 0 Å². The average Bonchev–Trinajstić information content (AvgIpc) is 2.34. The summed E-state index contributed by atoms with van der Waals surface area (Å²) in [5.74, 6) is 0.244. The summed E-state index contributed by atoms with van der Waals surface area (Å²) in [5.41, 5.74) is 0.0545. The van der Waals surface area contributed by atoms with Crippen LogP contribution in [0.15, 0.2) is 18.5 Å². The minimum Gasteiger partial charge on any atom is -0.389 e. The van der Waals surface area contributed by atoms with Crippen LogP contribution in [0.3, 0.4) is 0 Å². The van der Waals surface area contributed by atoms with Crippen molar-refractivity contribution in [2.45, 2.75) is 52.2 Å². The normalized spacial score (nSPS) is 16.4. The number of aliphatic hydroxyl groups is 1. The molecule has 4 heteroatoms. The second-order valence-corrected chi connectivity index (χ2v) is 5.97. The first-order valence-electron chi connectivity index (χ1n) is 6.86. The van der Waals surface area contributed by atoms with E-state index in [1.807, 2.05) is 13.8 Å². The van der Waals surface area contributed by atoms with Gasteiger partial charge in [0, 0.05) is 18.8 Å². The van der Waals surface area contributed by atoms with E-state index in [9.17, 15) is 9.50 Å². The molecule has 1 aromatic rings. The van der Waals surface area contributed by atoms with Crippen LogP contribution in [0.4, 0.5) is 4.39 Å². The van der Waals surface area contributed by atoms with Crippen LogP contribution in [0.2, 0.25) is 0 Å². The first-order valence-corrected chi connectivity index (χ1v) is 6.86. The highest BCUT2D eigenvalue weighted by Gasteiger charge is 2.21. The van der Waals surface area contributed by atoms with Gasteiger partial charge in [-0.05, 0) is 44.2 Å². The van der Waals surface area contributed by atoms with Crippen LogP contribution in [0.1, 0.15) is 52.1 Å². The summed E-state index contributed by atoms with van der Waals surface area (Å²) in [6.07, 6.45) is 4.58. The number of nitrogens with one attached hydrogen (secondary N) is 1. The second-order valence-electron chi connectivity index (χ2n) is 5.97. The van der Waals surface area contributed by atoms with Crippen molar-refractivity contribution in [2.24, 2.45) is 5.92 Å². The Morgan fingerprint density at radius 2 is 2.05 bits per heavy atom. The van der Waals surface area contributed by atoms with E-state index >= 15 is 0 Å². The van der Waals surface area contributed by atoms with E-state index in [0.717, 1.165) is 18.4 Å². The van der Waals surface area contributed by atoms with Gasteiger partial charge in [0.05, 0.1) is 11.8 Å². The fraction of sp³-hybridized carbons (Fsp3) is 0.667. The Labute approximate surface area is 115 Å². The fourth-order valence-electron chi connectivity index (χ4n) is 1.84. The molecule has 2 N–H and O–H groups in total. The molecule has 0 bridgehead atoms. The molecule has 0 aliphatic heterocycles. The van der Waals surface area contributed by atoms with Gasteiger partial charge in [-0.2, -0.15) is 0 Å². The molecule has 2 atom stereocenters. The Bertz CT molecular complexity index is 393. The quantitative estimate of drug-likeness (QED) is 0.799. The van der Waals surface area contributed by atoms with Gasteiger partial charge in [0.1, 0.15) is 5.82 Å². The van der Waals surface area contributed by atoms with Crippen LogP contribution in [-0.2, 0) is 0 Å². The van der Waals surface area contributed by atoms with Gasteiger partial charge in [0.15, 0.2) is 0 Å². The molecule has 0 aliphatic carbocycles. The Hall–Kier alpha value is -1.00. The smallest absolute Gasteiger partial charge is 0.141 e. The van der Waals surface area contributed by atoms with E-state index in [1.165, 1.54) is 12.3 Å². The molecule has 1 rings (SSSR count). The third kappa shape index (κ3) is 6.12. The fourth-order valence-corrected chi connectivity index (χ4v) is 1.84. The Balaban J connectivity index is 2.47. The summed E-state index contributed by atoms with van der Waals surface area (Å²) >= 11 is 0. The molecule has 0 aromatic carbocycles. The minimum atomic E-state index is -0.737. The highest BCUT2D eigenvalue weighted by Crippen LogP contribution is 2.18. The standard InChI is InChI=1S/C15H25FN2O/c1-11(2)5-6-15(4,19)10-18-12(3)13-7-14(16)9-17-8-13/h7-9,11-12,18-19H,5-6,10H2,1-4H3/t12-,15-/m1/s1. The third-order valence-corrected chi connectivity index (χ3v) is 3.28. The summed E-state index contributed by atoms with van der Waals surface area (Å²) < 4.78 is 13.1. The van der Waals surface area contributed by atoms with E-state index in [4.69, 9.17) is 0 Å². The van der Waals surface area contributed by atoms with E-state index in [0.29, 0.717) is 12.5 Å². The van der Waals surface area contributed by atoms with Crippen molar-refractivity contribution in [2.75, 3.05) is 6.54 Å². The third-order valence-electron chi connectivity index (χ3n) is 3.28. The van der Waals surface area contributed by atoms with Gasteiger partial charge in [-0.3, -0.25) is 4.98 Å². The van der Waals surface area contributed by atoms with Crippen molar-refractivity contribution in [3.05, 3.63) is 29.8 Å². The summed E-state index contributed by atoms with van der Waals surface area (Å²) in [6, 6.07) is 1.43. The topological polar surface area (TPSA) is 45.1 Å². The molecule has 0 saturated heterocycles. The number of hydrogen-bond acceptors (Lipinski definition) is 3. The van der Waals surface area contributed by atoms with Gasteiger partial charge in [-0.1, -0.05) is 13.8 Å². The minimum absolute atomic E-state index is 0.0336. The van der Waals surface area contributed by atoms with Crippen LogP contribution >= 0.6 is 0 Å². The van der Waals surface area contributed by atoms with E-state index < -0.39 is 5.60 Å². The van der Waals surface area contributed by atoms with Gasteiger partial charge in [0.25, 0.3) is 0 Å². The van der Waals surface area contributed by atoms with Gasteiger partial charge in [-0.25, -0.2) is 4.39 Å². The molecule has 1 heterocycles. The highest BCUT2D eigenvalue weighted by atomic mass is 19.1. The van der Waals surface area contributed by atoms with Crippen molar-refractivity contribution in [1.29, 1.82) is 0 Å². The van der Waals surface area contributed by atoms with E-state index in [2.05, 4.69) is 24.1 Å². The van der Waals surface area contributed by atoms with Crippen molar-refractivity contribution < 1.29 is 9.50 Å². The largest absolute Gasteiger partial charge is 0.389 e. The number of nitrogens with zero attached hydrogens (tertiary/aromatic N) is 1. The summed E-state index contributed by atoms with van der Waals surface area (Å²) in [6.45, 7) is 8.54. The van der Waals surface area contributed by atoms with Crippen LogP contribution in [0, 0.1) is 11.7 Å². The molecule has 108 valence electrons. The SMILES string of the molecule is CC(C)CC[C@@](C)(O)CN[C@H](C)c1cncc(F)c1. The zero-order valence-electron chi connectivity index (χ0n) is 12.3. The predicted molar refractivity (Wildman–Crippen MR) is 75.3 cm³/mol. The van der Waals surface area contributed by atoms with Crippen LogP contribution < -0.4 is 5.32 Å². The molecule has 0 aliphatic rings. The van der Waals surface area contributed by atoms with Gasteiger partial charge < -0.3 is 10.4 Å². The molecule has 0 fully saturated rings. The molecule has 0 radical (unpaired) electrons. The number of aromatic nitrogens is 1. The second kappa shape index (κ2) is 6.96. The molecule has 3 nitrogen and oxygen atoms in total. The predicted octanol–water partition coefficient (Wildman–Crippen LogP) is 3.06. The van der Waals surface area contributed by atoms with Gasteiger partial charge in [0.2, 0.25) is 0 Å². The first-order chi connectivity index (χ1) is 8.80. The Morgan fingerprint density at radius 3 is 2.63 bits per heavy atom. The molecule has 0 amide bonds. The lowest BCUT2D eigenvalue weighted by atomic mass is 9.95. The van der Waals surface area contributed by atoms with Crippen molar-refractivity contribution in [3.8, 4) is 0 Å². The Morgan fingerprint density at radius 1 is 1.37 bits per heavy atom. The number of hydrogen-bond donors (Lipinski definition) is 2. The van der Waals surface area contributed by atoms with Crippen molar-refractivity contribution in [1.82, 2.24) is 10.3 Å². The number of rotatable bonds is 7. The maximum Gasteiger partial charge on any atom is 0.141 e. The summed E-state index contributed by atoms with van der Waals surface area (Å²) in [5, 5.41) is 13.5. The molecule has 0 unspecified atom stereocenters. The molecule has 1 aromatic heterocycles. The lowest BCUT2D eigenvalue weighted by Gasteiger charge is -2.26. The Kier molecular flexibility index (Phi) is 5.88. The maximum atomic E-state index is 13.1. The van der Waals surface area contributed by atoms with Gasteiger partial charge in [-0.15, -0.1) is 0 Å². The molecule has 0 spiro atoms. The number of pyridine rings is 1. The van der Waals surface area contributed by atoms with Crippen molar-refractivity contribution in [3.63, 3.8) is 0 Å². The lowest BCUT2D eigenvalue weighted by Crippen LogP contribution is -2.39. The lowest BCUT2D eigenvalue weighted by molar-refractivity contribution is 0.0430. The zero-order valence-corrected chi connectivity index (χ0v) is 12.3. The molecule has 0 saturated carbocycles. The zero-order chi connectivity index (χ0) is 14.5. The molecular weight excluding hydrogens is 243 g/mol. The average molecular weight is 268 g/mol. The van der Waals surface area contributed by atoms with Crippen LogP contribution in [-0.4, -0.2) is 22.2 Å². The van der Waals surface area contributed by atoms with Gasteiger partial charge >= 0.3 is 0 Å². The first kappa shape index (κ1) is 16.1. The van der Waals surface area contributed by atoms with E-state index in [1.54, 1.807) is 6.20 Å². The molecular formula is C15H25FN2O. The summed E-state index contributed by atoms with van der Waals surface area (Å²) in [4.78, 5) is 3.83. The monoisotopic (exact) mass is 268 g/mol. The maximum absolute atomic E-state index is 13.1. The highest BCUT2D eigenvalue weighted by molar-refractivity contribution is 5.14.